The maximum Gasteiger partial charge on any atom is 0.263 e. The summed E-state index contributed by atoms with van der Waals surface area (Å²) < 4.78 is 30.6. The number of rotatable bonds is 5. The van der Waals surface area contributed by atoms with Crippen molar-refractivity contribution in [2.75, 3.05) is 4.72 Å². The van der Waals surface area contributed by atoms with Crippen LogP contribution in [0.3, 0.4) is 0 Å². The van der Waals surface area contributed by atoms with Gasteiger partial charge in [0.1, 0.15) is 5.82 Å². The average Bonchev–Trinajstić information content (AvgIpc) is 2.82. The van der Waals surface area contributed by atoms with Gasteiger partial charge in [0.05, 0.1) is 4.90 Å². The second-order valence-corrected chi connectivity index (χ2v) is 6.49. The Labute approximate surface area is 121 Å². The van der Waals surface area contributed by atoms with Crippen molar-refractivity contribution in [3.05, 3.63) is 35.7 Å². The van der Waals surface area contributed by atoms with Crippen LogP contribution in [0.4, 0.5) is 5.13 Å². The zero-order valence-electron chi connectivity index (χ0n) is 11.0. The summed E-state index contributed by atoms with van der Waals surface area (Å²) in [6, 6.07) is 5.94. The number of anilines is 1. The summed E-state index contributed by atoms with van der Waals surface area (Å²) in [5.41, 5.74) is 0.379. The van der Waals surface area contributed by atoms with E-state index in [-0.39, 0.29) is 15.8 Å². The topological polar surface area (TPSA) is 89.0 Å². The summed E-state index contributed by atoms with van der Waals surface area (Å²) in [7, 11) is -3.76. The van der Waals surface area contributed by atoms with Crippen molar-refractivity contribution in [2.45, 2.75) is 25.2 Å². The van der Waals surface area contributed by atoms with Crippen molar-refractivity contribution in [1.29, 1.82) is 0 Å². The number of Topliss-reactive ketones (excluding diaryl/α,β-unsaturated/α-hetero) is 1. The molecule has 1 heterocycles. The molecule has 20 heavy (non-hydrogen) atoms. The van der Waals surface area contributed by atoms with E-state index in [0.717, 1.165) is 11.5 Å². The lowest BCUT2D eigenvalue weighted by Gasteiger charge is -2.06. The van der Waals surface area contributed by atoms with Gasteiger partial charge in [0.15, 0.2) is 5.78 Å². The molecule has 0 aliphatic rings. The van der Waals surface area contributed by atoms with Crippen LogP contribution in [0.5, 0.6) is 0 Å². The SMILES string of the molecule is CCC(=O)c1cccc(S(=O)(=O)Nc2nc(C)ns2)c1. The molecule has 8 heteroatoms. The first-order valence-electron chi connectivity index (χ1n) is 5.89. The van der Waals surface area contributed by atoms with Gasteiger partial charge in [-0.3, -0.25) is 9.52 Å². The minimum Gasteiger partial charge on any atom is -0.294 e. The Morgan fingerprint density at radius 1 is 1.40 bits per heavy atom. The maximum absolute atomic E-state index is 12.2. The summed E-state index contributed by atoms with van der Waals surface area (Å²) in [5.74, 6) is 0.399. The number of ketones is 1. The van der Waals surface area contributed by atoms with Crippen LogP contribution in [-0.2, 0) is 10.0 Å². The van der Waals surface area contributed by atoms with Gasteiger partial charge in [-0.05, 0) is 19.1 Å². The van der Waals surface area contributed by atoms with Gasteiger partial charge in [-0.25, -0.2) is 13.4 Å². The molecule has 6 nitrogen and oxygen atoms in total. The molecule has 1 aromatic carbocycles. The highest BCUT2D eigenvalue weighted by molar-refractivity contribution is 7.93. The van der Waals surface area contributed by atoms with Crippen molar-refractivity contribution in [1.82, 2.24) is 9.36 Å². The number of hydrogen-bond acceptors (Lipinski definition) is 6. The van der Waals surface area contributed by atoms with Gasteiger partial charge < -0.3 is 0 Å². The summed E-state index contributed by atoms with van der Waals surface area (Å²) in [6.07, 6.45) is 0.326. The highest BCUT2D eigenvalue weighted by atomic mass is 32.2. The normalized spacial score (nSPS) is 11.3. The molecule has 1 N–H and O–H groups in total. The van der Waals surface area contributed by atoms with Crippen molar-refractivity contribution >= 4 is 32.5 Å². The molecular weight excluding hydrogens is 298 g/mol. The minimum atomic E-state index is -3.76. The number of sulfonamides is 1. The quantitative estimate of drug-likeness (QED) is 0.855. The van der Waals surface area contributed by atoms with Crippen LogP contribution < -0.4 is 4.72 Å². The van der Waals surface area contributed by atoms with Crippen LogP contribution in [0.2, 0.25) is 0 Å². The molecule has 2 aromatic rings. The Balaban J connectivity index is 2.32. The van der Waals surface area contributed by atoms with E-state index in [4.69, 9.17) is 0 Å². The number of benzene rings is 1. The number of carbonyl (C=O) groups is 1. The first-order chi connectivity index (χ1) is 9.42. The third-order valence-corrected chi connectivity index (χ3v) is 4.72. The highest BCUT2D eigenvalue weighted by Crippen LogP contribution is 2.19. The lowest BCUT2D eigenvalue weighted by Crippen LogP contribution is -2.13. The number of aryl methyl sites for hydroxylation is 1. The van der Waals surface area contributed by atoms with E-state index in [1.807, 2.05) is 0 Å². The van der Waals surface area contributed by atoms with E-state index in [1.165, 1.54) is 12.1 Å². The Morgan fingerprint density at radius 2 is 2.15 bits per heavy atom. The molecule has 0 fully saturated rings. The molecule has 0 bridgehead atoms. The lowest BCUT2D eigenvalue weighted by atomic mass is 10.1. The fourth-order valence-electron chi connectivity index (χ4n) is 1.55. The largest absolute Gasteiger partial charge is 0.294 e. The van der Waals surface area contributed by atoms with Gasteiger partial charge in [-0.15, -0.1) is 0 Å². The van der Waals surface area contributed by atoms with Crippen LogP contribution in [0.25, 0.3) is 0 Å². The number of carbonyl (C=O) groups excluding carboxylic acids is 1. The van der Waals surface area contributed by atoms with Crippen molar-refractivity contribution in [3.63, 3.8) is 0 Å². The van der Waals surface area contributed by atoms with E-state index >= 15 is 0 Å². The van der Waals surface area contributed by atoms with E-state index in [1.54, 1.807) is 26.0 Å². The van der Waals surface area contributed by atoms with Gasteiger partial charge in [0.2, 0.25) is 5.13 Å². The van der Waals surface area contributed by atoms with Crippen molar-refractivity contribution in [2.24, 2.45) is 0 Å². The zero-order valence-corrected chi connectivity index (χ0v) is 12.6. The Hall–Kier alpha value is -1.80. The Morgan fingerprint density at radius 3 is 2.75 bits per heavy atom. The minimum absolute atomic E-state index is 0.0321. The number of nitrogens with one attached hydrogen (secondary N) is 1. The number of aromatic nitrogens is 2. The summed E-state index contributed by atoms with van der Waals surface area (Å²) >= 11 is 0.968. The molecule has 0 aliphatic carbocycles. The standard InChI is InChI=1S/C12H13N3O3S2/c1-3-11(16)9-5-4-6-10(7-9)20(17,18)15-12-13-8(2)14-19-12/h4-7H,3H2,1-2H3,(H,13,14,15). The molecule has 0 saturated carbocycles. The second-order valence-electron chi connectivity index (χ2n) is 4.06. The van der Waals surface area contributed by atoms with Gasteiger partial charge >= 0.3 is 0 Å². The fraction of sp³-hybridized carbons (Fsp3) is 0.250. The Bertz CT molecular complexity index is 738. The third kappa shape index (κ3) is 3.20. The van der Waals surface area contributed by atoms with Crippen LogP contribution in [-0.4, -0.2) is 23.6 Å². The summed E-state index contributed by atoms with van der Waals surface area (Å²) in [4.78, 5) is 15.6. The summed E-state index contributed by atoms with van der Waals surface area (Å²) in [6.45, 7) is 3.40. The molecule has 0 radical (unpaired) electrons. The van der Waals surface area contributed by atoms with Gasteiger partial charge in [-0.2, -0.15) is 4.37 Å². The molecule has 106 valence electrons. The molecule has 0 saturated heterocycles. The molecule has 2 rings (SSSR count). The average molecular weight is 311 g/mol. The predicted octanol–water partition coefficient (Wildman–Crippen LogP) is 2.24. The maximum atomic E-state index is 12.2. The first-order valence-corrected chi connectivity index (χ1v) is 8.14. The van der Waals surface area contributed by atoms with Gasteiger partial charge in [-0.1, -0.05) is 19.1 Å². The van der Waals surface area contributed by atoms with E-state index in [0.29, 0.717) is 17.8 Å². The Kier molecular flexibility index (Phi) is 4.15. The van der Waals surface area contributed by atoms with Crippen LogP contribution in [0.1, 0.15) is 29.5 Å². The monoisotopic (exact) mass is 311 g/mol. The summed E-state index contributed by atoms with van der Waals surface area (Å²) in [5, 5.41) is 0.203. The predicted molar refractivity (Wildman–Crippen MR) is 76.5 cm³/mol. The van der Waals surface area contributed by atoms with Crippen LogP contribution in [0.15, 0.2) is 29.2 Å². The molecule has 0 unspecified atom stereocenters. The van der Waals surface area contributed by atoms with Crippen LogP contribution in [0, 0.1) is 6.92 Å². The second kappa shape index (κ2) is 5.68. The smallest absolute Gasteiger partial charge is 0.263 e. The van der Waals surface area contributed by atoms with Crippen molar-refractivity contribution in [3.8, 4) is 0 Å². The molecule has 0 aliphatic heterocycles. The third-order valence-electron chi connectivity index (χ3n) is 2.54. The molecule has 1 aromatic heterocycles. The fourth-order valence-corrected chi connectivity index (χ4v) is 3.40. The number of hydrogen-bond donors (Lipinski definition) is 1. The molecule has 0 atom stereocenters. The molecular formula is C12H13N3O3S2. The lowest BCUT2D eigenvalue weighted by molar-refractivity contribution is 0.0988. The van der Waals surface area contributed by atoms with Crippen LogP contribution >= 0.6 is 11.5 Å². The first kappa shape index (κ1) is 14.6. The van der Waals surface area contributed by atoms with Crippen molar-refractivity contribution < 1.29 is 13.2 Å². The van der Waals surface area contributed by atoms with E-state index < -0.39 is 10.0 Å². The zero-order chi connectivity index (χ0) is 14.8. The van der Waals surface area contributed by atoms with E-state index in [2.05, 4.69) is 14.1 Å². The van der Waals surface area contributed by atoms with E-state index in [9.17, 15) is 13.2 Å². The highest BCUT2D eigenvalue weighted by Gasteiger charge is 2.17. The van der Waals surface area contributed by atoms with Gasteiger partial charge in [0.25, 0.3) is 10.0 Å². The number of nitrogens with zero attached hydrogens (tertiary/aromatic N) is 2. The molecule has 0 spiro atoms. The van der Waals surface area contributed by atoms with Gasteiger partial charge in [0, 0.05) is 23.5 Å². The molecule has 0 amide bonds.